The van der Waals surface area contributed by atoms with E-state index in [1.54, 1.807) is 24.3 Å². The Labute approximate surface area is 121 Å². The highest BCUT2D eigenvalue weighted by molar-refractivity contribution is 5.97. The third-order valence-corrected chi connectivity index (χ3v) is 3.14. The summed E-state index contributed by atoms with van der Waals surface area (Å²) in [7, 11) is 0. The Hall–Kier alpha value is -2.63. The molecule has 0 aliphatic heterocycles. The maximum atomic E-state index is 11.7. The molecular formula is C15H16O6. The van der Waals surface area contributed by atoms with Gasteiger partial charge in [-0.05, 0) is 12.5 Å². The number of hydrogen-bond acceptors (Lipinski definition) is 4. The Bertz CT molecular complexity index is 563. The van der Waals surface area contributed by atoms with E-state index < -0.39 is 35.3 Å². The van der Waals surface area contributed by atoms with Crippen LogP contribution in [0.15, 0.2) is 42.5 Å². The second-order valence-corrected chi connectivity index (χ2v) is 4.74. The van der Waals surface area contributed by atoms with Crippen LogP contribution in [0.2, 0.25) is 0 Å². The van der Waals surface area contributed by atoms with Crippen molar-refractivity contribution in [2.75, 3.05) is 0 Å². The Morgan fingerprint density at radius 2 is 1.76 bits per heavy atom. The van der Waals surface area contributed by atoms with E-state index in [1.165, 1.54) is 0 Å². The summed E-state index contributed by atoms with van der Waals surface area (Å²) in [5.74, 6) is -3.70. The smallest absolute Gasteiger partial charge is 0.332 e. The fraction of sp³-hybridized carbons (Fsp3) is 0.267. The molecule has 2 N–H and O–H groups in total. The van der Waals surface area contributed by atoms with Crippen molar-refractivity contribution >= 4 is 17.9 Å². The van der Waals surface area contributed by atoms with Crippen LogP contribution in [0.25, 0.3) is 0 Å². The molecule has 0 aliphatic carbocycles. The van der Waals surface area contributed by atoms with Gasteiger partial charge in [0.2, 0.25) is 0 Å². The lowest BCUT2D eigenvalue weighted by Gasteiger charge is -2.23. The normalized spacial score (nSPS) is 13.0. The molecule has 0 amide bonds. The summed E-state index contributed by atoms with van der Waals surface area (Å²) >= 11 is 0. The fourth-order valence-electron chi connectivity index (χ4n) is 1.63. The number of ether oxygens (including phenoxy) is 1. The highest BCUT2D eigenvalue weighted by Crippen LogP contribution is 2.31. The van der Waals surface area contributed by atoms with Crippen LogP contribution >= 0.6 is 0 Å². The van der Waals surface area contributed by atoms with Crippen LogP contribution in [-0.4, -0.2) is 28.1 Å². The largest absolute Gasteiger partial charge is 0.481 e. The van der Waals surface area contributed by atoms with Crippen molar-refractivity contribution in [2.45, 2.75) is 20.0 Å². The van der Waals surface area contributed by atoms with Gasteiger partial charge in [0, 0.05) is 5.57 Å². The van der Waals surface area contributed by atoms with Gasteiger partial charge >= 0.3 is 17.9 Å². The first-order valence-electron chi connectivity index (χ1n) is 6.13. The summed E-state index contributed by atoms with van der Waals surface area (Å²) in [5.41, 5.74) is -1.72. The monoisotopic (exact) mass is 292 g/mol. The molecule has 0 spiro atoms. The summed E-state index contributed by atoms with van der Waals surface area (Å²) in [4.78, 5) is 33.9. The molecule has 1 unspecified atom stereocenters. The molecule has 6 heteroatoms. The van der Waals surface area contributed by atoms with Crippen molar-refractivity contribution in [3.8, 4) is 0 Å². The zero-order chi connectivity index (χ0) is 16.0. The summed E-state index contributed by atoms with van der Waals surface area (Å²) in [5, 5.41) is 18.0. The standard InChI is InChI=1S/C15H16O6/c1-10(13(17)18)15(2,14(19)20)8-12(16)21-9-11-6-4-3-5-7-11/h3-7H,1,8-9H2,2H3,(H,17,18)(H,19,20). The van der Waals surface area contributed by atoms with Crippen LogP contribution in [0.5, 0.6) is 0 Å². The van der Waals surface area contributed by atoms with Gasteiger partial charge < -0.3 is 14.9 Å². The van der Waals surface area contributed by atoms with Crippen LogP contribution < -0.4 is 0 Å². The second-order valence-electron chi connectivity index (χ2n) is 4.74. The van der Waals surface area contributed by atoms with Crippen LogP contribution in [0.3, 0.4) is 0 Å². The third-order valence-electron chi connectivity index (χ3n) is 3.14. The molecule has 1 atom stereocenters. The third kappa shape index (κ3) is 4.17. The number of carbonyl (C=O) groups excluding carboxylic acids is 1. The van der Waals surface area contributed by atoms with Crippen molar-refractivity contribution in [1.29, 1.82) is 0 Å². The van der Waals surface area contributed by atoms with Crippen molar-refractivity contribution in [2.24, 2.45) is 5.41 Å². The van der Waals surface area contributed by atoms with Crippen molar-refractivity contribution in [1.82, 2.24) is 0 Å². The molecule has 0 bridgehead atoms. The van der Waals surface area contributed by atoms with Gasteiger partial charge in [-0.15, -0.1) is 0 Å². The summed E-state index contributed by atoms with van der Waals surface area (Å²) < 4.78 is 4.97. The molecule has 0 radical (unpaired) electrons. The zero-order valence-electron chi connectivity index (χ0n) is 11.5. The summed E-state index contributed by atoms with van der Waals surface area (Å²) in [6, 6.07) is 8.86. The van der Waals surface area contributed by atoms with Crippen molar-refractivity contribution < 1.29 is 29.3 Å². The quantitative estimate of drug-likeness (QED) is 0.587. The number of aliphatic carboxylic acids is 2. The van der Waals surface area contributed by atoms with E-state index >= 15 is 0 Å². The summed E-state index contributed by atoms with van der Waals surface area (Å²) in [6.45, 7) is 4.36. The van der Waals surface area contributed by atoms with E-state index in [9.17, 15) is 14.4 Å². The van der Waals surface area contributed by atoms with E-state index in [0.29, 0.717) is 0 Å². The molecule has 1 rings (SSSR count). The first-order valence-corrected chi connectivity index (χ1v) is 6.13. The van der Waals surface area contributed by atoms with Gasteiger partial charge in [-0.1, -0.05) is 36.9 Å². The van der Waals surface area contributed by atoms with Crippen LogP contribution in [0.4, 0.5) is 0 Å². The van der Waals surface area contributed by atoms with E-state index in [4.69, 9.17) is 14.9 Å². The van der Waals surface area contributed by atoms with Gasteiger partial charge in [0.15, 0.2) is 0 Å². The molecule has 1 aromatic carbocycles. The topological polar surface area (TPSA) is 101 Å². The number of carbonyl (C=O) groups is 3. The SMILES string of the molecule is C=C(C(=O)O)C(C)(CC(=O)OCc1ccccc1)C(=O)O. The van der Waals surface area contributed by atoms with Crippen LogP contribution in [-0.2, 0) is 25.7 Å². The molecule has 0 heterocycles. The molecule has 6 nitrogen and oxygen atoms in total. The highest BCUT2D eigenvalue weighted by Gasteiger charge is 2.42. The minimum absolute atomic E-state index is 0.00504. The first kappa shape index (κ1) is 16.4. The van der Waals surface area contributed by atoms with Gasteiger partial charge in [-0.25, -0.2) is 4.79 Å². The summed E-state index contributed by atoms with van der Waals surface area (Å²) in [6.07, 6.45) is -0.597. The minimum atomic E-state index is -1.90. The molecular weight excluding hydrogens is 276 g/mol. The molecule has 0 aromatic heterocycles. The fourth-order valence-corrected chi connectivity index (χ4v) is 1.63. The Morgan fingerprint density at radius 3 is 2.24 bits per heavy atom. The number of hydrogen-bond donors (Lipinski definition) is 2. The predicted octanol–water partition coefficient (Wildman–Crippen LogP) is 1.85. The van der Waals surface area contributed by atoms with Gasteiger partial charge in [0.25, 0.3) is 0 Å². The zero-order valence-corrected chi connectivity index (χ0v) is 11.5. The minimum Gasteiger partial charge on any atom is -0.481 e. The molecule has 21 heavy (non-hydrogen) atoms. The molecule has 0 saturated carbocycles. The number of carboxylic acid groups (broad SMARTS) is 2. The average molecular weight is 292 g/mol. The van der Waals surface area contributed by atoms with Crippen molar-refractivity contribution in [3.63, 3.8) is 0 Å². The van der Waals surface area contributed by atoms with Crippen LogP contribution in [0.1, 0.15) is 18.9 Å². The van der Waals surface area contributed by atoms with Gasteiger partial charge in [-0.3, -0.25) is 9.59 Å². The molecule has 0 saturated heterocycles. The molecule has 0 fully saturated rings. The second kappa shape index (κ2) is 6.69. The van der Waals surface area contributed by atoms with E-state index in [-0.39, 0.29) is 6.61 Å². The maximum Gasteiger partial charge on any atom is 0.332 e. The lowest BCUT2D eigenvalue weighted by atomic mass is 9.80. The van der Waals surface area contributed by atoms with E-state index in [0.717, 1.165) is 12.5 Å². The molecule has 0 aliphatic rings. The predicted molar refractivity (Wildman–Crippen MR) is 73.4 cm³/mol. The van der Waals surface area contributed by atoms with E-state index in [1.807, 2.05) is 6.07 Å². The Kier molecular flexibility index (Phi) is 5.24. The highest BCUT2D eigenvalue weighted by atomic mass is 16.5. The van der Waals surface area contributed by atoms with Gasteiger partial charge in [0.1, 0.15) is 12.0 Å². The average Bonchev–Trinajstić information content (AvgIpc) is 2.45. The number of benzene rings is 1. The van der Waals surface area contributed by atoms with Gasteiger partial charge in [-0.2, -0.15) is 0 Å². The van der Waals surface area contributed by atoms with Crippen LogP contribution in [0, 0.1) is 5.41 Å². The lowest BCUT2D eigenvalue weighted by Crippen LogP contribution is -2.35. The number of rotatable bonds is 7. The molecule has 112 valence electrons. The Morgan fingerprint density at radius 1 is 1.19 bits per heavy atom. The number of carboxylic acids is 2. The lowest BCUT2D eigenvalue weighted by molar-refractivity contribution is -0.157. The maximum absolute atomic E-state index is 11.7. The molecule has 1 aromatic rings. The van der Waals surface area contributed by atoms with Crippen molar-refractivity contribution in [3.05, 3.63) is 48.0 Å². The van der Waals surface area contributed by atoms with Gasteiger partial charge in [0.05, 0.1) is 6.42 Å². The number of esters is 1. The first-order chi connectivity index (χ1) is 9.77. The van der Waals surface area contributed by atoms with E-state index in [2.05, 4.69) is 6.58 Å². The Balaban J connectivity index is 2.72.